The van der Waals surface area contributed by atoms with Crippen LogP contribution in [-0.2, 0) is 4.79 Å². The highest BCUT2D eigenvalue weighted by atomic mass is 16.5. The van der Waals surface area contributed by atoms with E-state index in [4.69, 9.17) is 4.74 Å². The maximum absolute atomic E-state index is 10.4. The van der Waals surface area contributed by atoms with Gasteiger partial charge in [-0.15, -0.1) is 0 Å². The van der Waals surface area contributed by atoms with E-state index < -0.39 is 0 Å². The number of amides is 1. The fraction of sp³-hybridized carbons (Fsp3) is 0.111. The molecule has 1 aromatic carbocycles. The molecule has 0 spiro atoms. The minimum atomic E-state index is -0.147. The van der Waals surface area contributed by atoms with E-state index in [2.05, 4.69) is 5.32 Å². The molecule has 3 heteroatoms. The largest absolute Gasteiger partial charge is 0.465 e. The number of carbonyl (C=O) groups excluding carboxylic acids is 1. The first kappa shape index (κ1) is 8.59. The van der Waals surface area contributed by atoms with Gasteiger partial charge in [0.2, 0.25) is 12.6 Å². The molecule has 0 aliphatic carbocycles. The van der Waals surface area contributed by atoms with Crippen molar-refractivity contribution in [2.75, 3.05) is 0 Å². The first-order valence-electron chi connectivity index (χ1n) is 3.59. The Labute approximate surface area is 71.4 Å². The Hall–Kier alpha value is -1.51. The summed E-state index contributed by atoms with van der Waals surface area (Å²) in [4.78, 5) is 10.4. The lowest BCUT2D eigenvalue weighted by Crippen LogP contribution is -2.19. The van der Waals surface area contributed by atoms with Crippen molar-refractivity contribution < 1.29 is 9.53 Å². The minimum Gasteiger partial charge on any atom is -0.465 e. The highest BCUT2D eigenvalue weighted by Gasteiger charge is 1.92. The summed E-state index contributed by atoms with van der Waals surface area (Å²) in [5, 5.41) is 2.41. The van der Waals surface area contributed by atoms with E-state index in [9.17, 15) is 4.79 Å². The van der Waals surface area contributed by atoms with Crippen molar-refractivity contribution in [1.29, 1.82) is 0 Å². The number of para-hydroxylation sites is 1. The zero-order valence-corrected chi connectivity index (χ0v) is 6.78. The zero-order chi connectivity index (χ0) is 8.81. The molecule has 0 heterocycles. The number of carbonyl (C=O) groups is 1. The molecular weight excluding hydrogens is 154 g/mol. The van der Waals surface area contributed by atoms with Crippen molar-refractivity contribution in [3.05, 3.63) is 37.1 Å². The lowest BCUT2D eigenvalue weighted by molar-refractivity contribution is -0.118. The standard InChI is InChI=1S/C9H10NO2/c1-8(11)10-7-12-9-5-3-2-4-6-9/h2-7H,1H3,(H,10,11). The lowest BCUT2D eigenvalue weighted by Gasteiger charge is -2.03. The summed E-state index contributed by atoms with van der Waals surface area (Å²) in [7, 11) is 0. The molecule has 0 unspecified atom stereocenters. The first-order valence-corrected chi connectivity index (χ1v) is 3.59. The fourth-order valence-electron chi connectivity index (χ4n) is 0.680. The van der Waals surface area contributed by atoms with E-state index in [0.29, 0.717) is 5.75 Å². The molecule has 0 fully saturated rings. The number of hydrogen-bond donors (Lipinski definition) is 1. The van der Waals surface area contributed by atoms with Gasteiger partial charge in [0.05, 0.1) is 0 Å². The van der Waals surface area contributed by atoms with Crippen LogP contribution < -0.4 is 10.1 Å². The number of rotatable bonds is 3. The summed E-state index contributed by atoms with van der Waals surface area (Å²) in [6.45, 7) is 2.68. The van der Waals surface area contributed by atoms with Crippen LogP contribution in [0.25, 0.3) is 0 Å². The van der Waals surface area contributed by atoms with Crippen LogP contribution in [0, 0.1) is 6.73 Å². The third-order valence-corrected chi connectivity index (χ3v) is 1.20. The Morgan fingerprint density at radius 1 is 1.42 bits per heavy atom. The quantitative estimate of drug-likeness (QED) is 0.731. The predicted molar refractivity (Wildman–Crippen MR) is 45.2 cm³/mol. The Kier molecular flexibility index (Phi) is 3.14. The molecule has 0 saturated carbocycles. The molecule has 0 atom stereocenters. The van der Waals surface area contributed by atoms with E-state index in [1.165, 1.54) is 13.7 Å². The number of nitrogens with one attached hydrogen (secondary N) is 1. The maximum atomic E-state index is 10.4. The number of ether oxygens (including phenoxy) is 1. The molecule has 1 N–H and O–H groups in total. The zero-order valence-electron chi connectivity index (χ0n) is 6.78. The summed E-state index contributed by atoms with van der Waals surface area (Å²) >= 11 is 0. The van der Waals surface area contributed by atoms with Gasteiger partial charge in [-0.2, -0.15) is 0 Å². The topological polar surface area (TPSA) is 38.3 Å². The molecular formula is C9H10NO2. The van der Waals surface area contributed by atoms with E-state index in [0.717, 1.165) is 0 Å². The molecule has 0 aliphatic rings. The van der Waals surface area contributed by atoms with Crippen molar-refractivity contribution in [1.82, 2.24) is 5.32 Å². The van der Waals surface area contributed by atoms with Crippen LogP contribution >= 0.6 is 0 Å². The lowest BCUT2D eigenvalue weighted by atomic mass is 10.3. The second-order valence-corrected chi connectivity index (χ2v) is 2.25. The molecule has 0 bridgehead atoms. The second kappa shape index (κ2) is 4.38. The van der Waals surface area contributed by atoms with Crippen LogP contribution in [0.4, 0.5) is 0 Å². The highest BCUT2D eigenvalue weighted by molar-refractivity contribution is 5.73. The van der Waals surface area contributed by atoms with E-state index in [-0.39, 0.29) is 5.91 Å². The first-order chi connectivity index (χ1) is 5.79. The SMILES string of the molecule is CC(=O)N[CH]Oc1ccccc1. The van der Waals surface area contributed by atoms with Crippen molar-refractivity contribution in [2.24, 2.45) is 0 Å². The normalized spacial score (nSPS) is 9.08. The fourth-order valence-corrected chi connectivity index (χ4v) is 0.680. The molecule has 0 aromatic heterocycles. The molecule has 3 nitrogen and oxygen atoms in total. The Morgan fingerprint density at radius 3 is 2.67 bits per heavy atom. The average molecular weight is 164 g/mol. The molecule has 0 aliphatic heterocycles. The van der Waals surface area contributed by atoms with Crippen molar-refractivity contribution in [3.63, 3.8) is 0 Å². The van der Waals surface area contributed by atoms with E-state index in [1.807, 2.05) is 18.2 Å². The van der Waals surface area contributed by atoms with Crippen molar-refractivity contribution in [2.45, 2.75) is 6.92 Å². The molecule has 12 heavy (non-hydrogen) atoms. The van der Waals surface area contributed by atoms with Gasteiger partial charge in [0.25, 0.3) is 0 Å². The van der Waals surface area contributed by atoms with Gasteiger partial charge in [-0.25, -0.2) is 0 Å². The van der Waals surface area contributed by atoms with Crippen molar-refractivity contribution >= 4 is 5.91 Å². The molecule has 0 saturated heterocycles. The van der Waals surface area contributed by atoms with Crippen LogP contribution in [0.3, 0.4) is 0 Å². The van der Waals surface area contributed by atoms with E-state index >= 15 is 0 Å². The third-order valence-electron chi connectivity index (χ3n) is 1.20. The van der Waals surface area contributed by atoms with Crippen LogP contribution in [0.2, 0.25) is 0 Å². The van der Waals surface area contributed by atoms with Crippen LogP contribution in [-0.4, -0.2) is 5.91 Å². The third kappa shape index (κ3) is 3.05. The summed E-state index contributed by atoms with van der Waals surface area (Å²) < 4.78 is 5.06. The highest BCUT2D eigenvalue weighted by Crippen LogP contribution is 2.07. The van der Waals surface area contributed by atoms with Crippen LogP contribution in [0.1, 0.15) is 6.92 Å². The van der Waals surface area contributed by atoms with Crippen molar-refractivity contribution in [3.8, 4) is 5.75 Å². The second-order valence-electron chi connectivity index (χ2n) is 2.25. The van der Waals surface area contributed by atoms with Gasteiger partial charge in [0.1, 0.15) is 5.75 Å². The molecule has 1 radical (unpaired) electrons. The summed E-state index contributed by atoms with van der Waals surface area (Å²) in [6.07, 6.45) is 0. The molecule has 1 aromatic rings. The van der Waals surface area contributed by atoms with Gasteiger partial charge in [0.15, 0.2) is 0 Å². The summed E-state index contributed by atoms with van der Waals surface area (Å²) in [6, 6.07) is 9.22. The summed E-state index contributed by atoms with van der Waals surface area (Å²) in [5.74, 6) is 0.553. The molecule has 1 amide bonds. The maximum Gasteiger partial charge on any atom is 0.228 e. The molecule has 1 rings (SSSR count). The van der Waals surface area contributed by atoms with Gasteiger partial charge in [-0.1, -0.05) is 18.2 Å². The van der Waals surface area contributed by atoms with Gasteiger partial charge >= 0.3 is 0 Å². The predicted octanol–water partition coefficient (Wildman–Crippen LogP) is 1.32. The van der Waals surface area contributed by atoms with E-state index in [1.54, 1.807) is 12.1 Å². The Balaban J connectivity index is 2.29. The minimum absolute atomic E-state index is 0.147. The van der Waals surface area contributed by atoms with Gasteiger partial charge in [0, 0.05) is 6.92 Å². The number of benzene rings is 1. The smallest absolute Gasteiger partial charge is 0.228 e. The Morgan fingerprint density at radius 2 is 2.08 bits per heavy atom. The molecule has 63 valence electrons. The number of hydrogen-bond acceptors (Lipinski definition) is 2. The summed E-state index contributed by atoms with van der Waals surface area (Å²) in [5.41, 5.74) is 0. The van der Waals surface area contributed by atoms with Crippen LogP contribution in [0.5, 0.6) is 5.75 Å². The van der Waals surface area contributed by atoms with Gasteiger partial charge < -0.3 is 10.1 Å². The van der Waals surface area contributed by atoms with Gasteiger partial charge in [-0.05, 0) is 12.1 Å². The monoisotopic (exact) mass is 164 g/mol. The average Bonchev–Trinajstić information content (AvgIpc) is 2.05. The van der Waals surface area contributed by atoms with Crippen LogP contribution in [0.15, 0.2) is 30.3 Å². The Bertz CT molecular complexity index is 246. The van der Waals surface area contributed by atoms with Gasteiger partial charge in [-0.3, -0.25) is 4.79 Å².